The number of benzene rings is 1. The summed E-state index contributed by atoms with van der Waals surface area (Å²) in [6.45, 7) is 6.04. The van der Waals surface area contributed by atoms with E-state index in [9.17, 15) is 0 Å². The molecule has 1 unspecified atom stereocenters. The molecule has 18 heavy (non-hydrogen) atoms. The molecule has 0 radical (unpaired) electrons. The Morgan fingerprint density at radius 1 is 1.39 bits per heavy atom. The normalized spacial score (nSPS) is 23.3. The third-order valence-electron chi connectivity index (χ3n) is 2.69. The van der Waals surface area contributed by atoms with Gasteiger partial charge in [0, 0.05) is 6.10 Å². The topological polar surface area (TPSA) is 40.0 Å². The first kappa shape index (κ1) is 13.1. The van der Waals surface area contributed by atoms with Crippen LogP contribution >= 0.6 is 0 Å². The van der Waals surface area contributed by atoms with Crippen molar-refractivity contribution in [2.45, 2.75) is 38.9 Å². The van der Waals surface area contributed by atoms with Crippen LogP contribution in [0.25, 0.3) is 0 Å². The lowest BCUT2D eigenvalue weighted by atomic mass is 9.95. The van der Waals surface area contributed by atoms with Gasteiger partial charge < -0.3 is 14.1 Å². The van der Waals surface area contributed by atoms with Gasteiger partial charge in [0.05, 0.1) is 11.8 Å². The second-order valence-electron chi connectivity index (χ2n) is 5.07. The highest BCUT2D eigenvalue weighted by Crippen LogP contribution is 2.25. The molecule has 0 bridgehead atoms. The Bertz CT molecular complexity index is 408. The SMILES string of the molecule is CC1CC(C)(C)OB(ON=Cc2ccccc2)O1. The predicted molar refractivity (Wildman–Crippen MR) is 71.2 cm³/mol. The minimum Gasteiger partial charge on any atom is -0.404 e. The molecule has 96 valence electrons. The van der Waals surface area contributed by atoms with E-state index in [0.717, 1.165) is 12.0 Å². The van der Waals surface area contributed by atoms with Gasteiger partial charge in [-0.1, -0.05) is 30.3 Å². The Hall–Kier alpha value is -1.33. The van der Waals surface area contributed by atoms with E-state index in [0.29, 0.717) is 0 Å². The smallest absolute Gasteiger partial charge is 0.404 e. The van der Waals surface area contributed by atoms with Gasteiger partial charge in [0.2, 0.25) is 0 Å². The Balaban J connectivity index is 1.88. The van der Waals surface area contributed by atoms with E-state index >= 15 is 0 Å². The number of hydrogen-bond donors (Lipinski definition) is 0. The summed E-state index contributed by atoms with van der Waals surface area (Å²) < 4.78 is 16.3. The maximum Gasteiger partial charge on any atom is 0.735 e. The van der Waals surface area contributed by atoms with Crippen LogP contribution in [0, 0.1) is 0 Å². The van der Waals surface area contributed by atoms with Crippen molar-refractivity contribution in [2.75, 3.05) is 0 Å². The average molecular weight is 247 g/mol. The molecule has 1 atom stereocenters. The quantitative estimate of drug-likeness (QED) is 0.468. The summed E-state index contributed by atoms with van der Waals surface area (Å²) in [6.07, 6.45) is 2.58. The highest BCUT2D eigenvalue weighted by atomic mass is 16.8. The number of oxime groups is 1. The van der Waals surface area contributed by atoms with Crippen LogP contribution in [-0.2, 0) is 14.1 Å². The van der Waals surface area contributed by atoms with Crippen LogP contribution in [0.4, 0.5) is 0 Å². The molecular weight excluding hydrogens is 229 g/mol. The van der Waals surface area contributed by atoms with Gasteiger partial charge in [-0.3, -0.25) is 0 Å². The number of hydrogen-bond acceptors (Lipinski definition) is 4. The van der Waals surface area contributed by atoms with Gasteiger partial charge >= 0.3 is 7.32 Å². The van der Waals surface area contributed by atoms with Crippen LogP contribution in [-0.4, -0.2) is 25.2 Å². The third kappa shape index (κ3) is 3.86. The van der Waals surface area contributed by atoms with Crippen molar-refractivity contribution in [3.8, 4) is 0 Å². The monoisotopic (exact) mass is 247 g/mol. The van der Waals surface area contributed by atoms with Gasteiger partial charge in [-0.15, -0.1) is 5.16 Å². The van der Waals surface area contributed by atoms with E-state index in [1.807, 2.05) is 51.1 Å². The first-order valence-electron chi connectivity index (χ1n) is 6.13. The van der Waals surface area contributed by atoms with Crippen LogP contribution < -0.4 is 0 Å². The second-order valence-corrected chi connectivity index (χ2v) is 5.07. The first-order valence-corrected chi connectivity index (χ1v) is 6.13. The van der Waals surface area contributed by atoms with Crippen molar-refractivity contribution in [1.29, 1.82) is 0 Å². The maximum absolute atomic E-state index is 5.62. The fourth-order valence-electron chi connectivity index (χ4n) is 1.99. The molecule has 4 nitrogen and oxygen atoms in total. The lowest BCUT2D eigenvalue weighted by Crippen LogP contribution is -2.46. The Kier molecular flexibility index (Phi) is 4.04. The average Bonchev–Trinajstić information content (AvgIpc) is 2.27. The Labute approximate surface area is 108 Å². The molecule has 1 saturated heterocycles. The summed E-state index contributed by atoms with van der Waals surface area (Å²) >= 11 is 0. The summed E-state index contributed by atoms with van der Waals surface area (Å²) in [7, 11) is -0.733. The van der Waals surface area contributed by atoms with Crippen molar-refractivity contribution in [3.05, 3.63) is 35.9 Å². The van der Waals surface area contributed by atoms with E-state index in [4.69, 9.17) is 14.1 Å². The zero-order valence-corrected chi connectivity index (χ0v) is 11.0. The molecule has 0 saturated carbocycles. The summed E-state index contributed by atoms with van der Waals surface area (Å²) in [5, 5.41) is 3.89. The molecule has 1 aromatic rings. The lowest BCUT2D eigenvalue weighted by Gasteiger charge is -2.35. The first-order chi connectivity index (χ1) is 8.55. The molecule has 1 heterocycles. The number of rotatable bonds is 3. The highest BCUT2D eigenvalue weighted by Gasteiger charge is 2.41. The standard InChI is InChI=1S/C13H18BNO3/c1-11-9-13(2,3)17-14(16-11)18-15-10-12-7-5-4-6-8-12/h4-8,10-11H,9H2,1-3H3. The Morgan fingerprint density at radius 2 is 2.11 bits per heavy atom. The van der Waals surface area contributed by atoms with Crippen LogP contribution in [0.2, 0.25) is 0 Å². The van der Waals surface area contributed by atoms with Crippen molar-refractivity contribution in [3.63, 3.8) is 0 Å². The fourth-order valence-corrected chi connectivity index (χ4v) is 1.99. The lowest BCUT2D eigenvalue weighted by molar-refractivity contribution is -0.0684. The molecule has 0 aliphatic carbocycles. The predicted octanol–water partition coefficient (Wildman–Crippen LogP) is 2.63. The van der Waals surface area contributed by atoms with Crippen molar-refractivity contribution >= 4 is 13.5 Å². The van der Waals surface area contributed by atoms with Gasteiger partial charge in [0.25, 0.3) is 0 Å². The van der Waals surface area contributed by atoms with Crippen molar-refractivity contribution in [2.24, 2.45) is 5.16 Å². The molecule has 0 aromatic heterocycles. The Morgan fingerprint density at radius 3 is 2.78 bits per heavy atom. The van der Waals surface area contributed by atoms with Crippen molar-refractivity contribution in [1.82, 2.24) is 0 Å². The molecule has 0 N–H and O–H groups in total. The molecule has 1 aromatic carbocycles. The molecule has 1 fully saturated rings. The molecule has 1 aliphatic heterocycles. The van der Waals surface area contributed by atoms with E-state index in [1.165, 1.54) is 0 Å². The number of nitrogens with zero attached hydrogens (tertiary/aromatic N) is 1. The van der Waals surface area contributed by atoms with E-state index < -0.39 is 7.32 Å². The van der Waals surface area contributed by atoms with E-state index in [2.05, 4.69) is 5.16 Å². The van der Waals surface area contributed by atoms with Crippen LogP contribution in [0.15, 0.2) is 35.5 Å². The minimum absolute atomic E-state index is 0.102. The zero-order valence-electron chi connectivity index (χ0n) is 11.0. The van der Waals surface area contributed by atoms with Gasteiger partial charge in [-0.25, -0.2) is 0 Å². The maximum atomic E-state index is 5.62. The molecular formula is C13H18BNO3. The van der Waals surface area contributed by atoms with Gasteiger partial charge in [-0.2, -0.15) is 0 Å². The zero-order chi connectivity index (χ0) is 13.0. The second kappa shape index (κ2) is 5.54. The van der Waals surface area contributed by atoms with Gasteiger partial charge in [0.1, 0.15) is 0 Å². The summed E-state index contributed by atoms with van der Waals surface area (Å²) in [4.78, 5) is 0. The molecule has 0 amide bonds. The largest absolute Gasteiger partial charge is 0.735 e. The van der Waals surface area contributed by atoms with Crippen LogP contribution in [0.3, 0.4) is 0 Å². The third-order valence-corrected chi connectivity index (χ3v) is 2.69. The van der Waals surface area contributed by atoms with E-state index in [1.54, 1.807) is 6.21 Å². The summed E-state index contributed by atoms with van der Waals surface area (Å²) in [6, 6.07) is 9.74. The van der Waals surface area contributed by atoms with Crippen LogP contribution in [0.5, 0.6) is 0 Å². The van der Waals surface area contributed by atoms with Crippen LogP contribution in [0.1, 0.15) is 32.8 Å². The molecule has 1 aliphatic rings. The minimum atomic E-state index is -0.733. The van der Waals surface area contributed by atoms with Gasteiger partial charge in [0.15, 0.2) is 0 Å². The molecule has 0 spiro atoms. The van der Waals surface area contributed by atoms with Crippen molar-refractivity contribution < 1.29 is 14.1 Å². The van der Waals surface area contributed by atoms with Gasteiger partial charge in [-0.05, 0) is 32.8 Å². The summed E-state index contributed by atoms with van der Waals surface area (Å²) in [5.41, 5.74) is 0.727. The van der Waals surface area contributed by atoms with E-state index in [-0.39, 0.29) is 11.7 Å². The fraction of sp³-hybridized carbons (Fsp3) is 0.462. The highest BCUT2D eigenvalue weighted by molar-refractivity contribution is 6.36. The molecule has 5 heteroatoms. The summed E-state index contributed by atoms with van der Waals surface area (Å²) in [5.74, 6) is 0. The molecule has 2 rings (SSSR count).